The van der Waals surface area contributed by atoms with Crippen LogP contribution in [0.15, 0.2) is 48.9 Å². The number of nitrogens with one attached hydrogen (secondary N) is 2. The Labute approximate surface area is 303 Å². The molecule has 0 aliphatic carbocycles. The molecule has 0 bridgehead atoms. The van der Waals surface area contributed by atoms with Crippen molar-refractivity contribution in [2.24, 2.45) is 17.8 Å². The highest BCUT2D eigenvalue weighted by molar-refractivity contribution is 5.87. The van der Waals surface area contributed by atoms with E-state index in [2.05, 4.69) is 34.4 Å². The van der Waals surface area contributed by atoms with Gasteiger partial charge in [-0.15, -0.1) is 0 Å². The molecule has 8 atom stereocenters. The molecule has 1 aromatic carbocycles. The molecular weight excluding hydrogens is 652 g/mol. The second kappa shape index (κ2) is 20.1. The summed E-state index contributed by atoms with van der Waals surface area (Å²) in [5.74, 6) is -1.39. The Hall–Kier alpha value is -4.10. The van der Waals surface area contributed by atoms with Crippen LogP contribution in [0.3, 0.4) is 0 Å². The highest BCUT2D eigenvalue weighted by atomic mass is 16.5. The van der Waals surface area contributed by atoms with Crippen molar-refractivity contribution in [3.8, 4) is 0 Å². The minimum absolute atomic E-state index is 0.0180. The molecule has 2 heterocycles. The van der Waals surface area contributed by atoms with Gasteiger partial charge in [0.15, 0.2) is 0 Å². The zero-order chi connectivity index (χ0) is 37.7. The molecule has 3 unspecified atom stereocenters. The number of likely N-dealkylation sites (tertiary alicyclic amines) is 1. The van der Waals surface area contributed by atoms with Gasteiger partial charge in [-0.3, -0.25) is 19.4 Å². The number of hydrogen-bond acceptors (Lipinski definition) is 10. The van der Waals surface area contributed by atoms with E-state index < -0.39 is 42.2 Å². The van der Waals surface area contributed by atoms with Gasteiger partial charge in [0.05, 0.1) is 49.9 Å². The fourth-order valence-electron chi connectivity index (χ4n) is 7.06. The monoisotopic (exact) mass is 710 g/mol. The van der Waals surface area contributed by atoms with Gasteiger partial charge in [0, 0.05) is 46.6 Å². The second-order valence-electron chi connectivity index (χ2n) is 13.8. The van der Waals surface area contributed by atoms with Crippen molar-refractivity contribution in [1.29, 1.82) is 0 Å². The molecule has 0 radical (unpaired) electrons. The van der Waals surface area contributed by atoms with Gasteiger partial charge >= 0.3 is 5.97 Å². The smallest absolute Gasteiger partial charge is 0.328 e. The molecule has 13 nitrogen and oxygen atoms in total. The molecule has 3 rings (SSSR count). The summed E-state index contributed by atoms with van der Waals surface area (Å²) < 4.78 is 16.9. The molecular formula is C38H58N6O7. The average Bonchev–Trinajstić information content (AvgIpc) is 3.63. The van der Waals surface area contributed by atoms with Gasteiger partial charge in [-0.25, -0.2) is 9.78 Å². The first-order valence-electron chi connectivity index (χ1n) is 17.9. The number of carbonyl (C=O) groups excluding carboxylic acids is 4. The van der Waals surface area contributed by atoms with E-state index in [1.807, 2.05) is 44.2 Å². The summed E-state index contributed by atoms with van der Waals surface area (Å²) in [7, 11) is 6.17. The zero-order valence-electron chi connectivity index (χ0n) is 31.7. The van der Waals surface area contributed by atoms with Crippen LogP contribution in [0.4, 0.5) is 5.82 Å². The summed E-state index contributed by atoms with van der Waals surface area (Å²) in [6.07, 6.45) is 6.00. The third-order valence-corrected chi connectivity index (χ3v) is 10.1. The number of carbonyl (C=O) groups is 4. The summed E-state index contributed by atoms with van der Waals surface area (Å²) in [6, 6.07) is 7.19. The Balaban J connectivity index is 1.77. The SMILES string of the molecule is CC[C@H](C)[C@@H]([C@@H](CC(=O)N1CCCC1[C@H](OC)[C@@H](C)C(=O)NC(Cc1ccccc1)C(=O)OC)OC)N(C)C(=O)C(Nc1cnccn1)C(C)C. The number of esters is 1. The van der Waals surface area contributed by atoms with E-state index in [1.165, 1.54) is 14.2 Å². The number of nitrogens with zero attached hydrogens (tertiary/aromatic N) is 4. The molecule has 51 heavy (non-hydrogen) atoms. The molecule has 1 fully saturated rings. The molecule has 1 aromatic heterocycles. The quantitative estimate of drug-likeness (QED) is 0.206. The normalized spacial score (nSPS) is 18.5. The predicted octanol–water partition coefficient (Wildman–Crippen LogP) is 3.73. The maximum Gasteiger partial charge on any atom is 0.328 e. The Morgan fingerprint density at radius 1 is 1.02 bits per heavy atom. The van der Waals surface area contributed by atoms with Crippen LogP contribution in [0, 0.1) is 17.8 Å². The first-order chi connectivity index (χ1) is 24.4. The minimum Gasteiger partial charge on any atom is -0.467 e. The Morgan fingerprint density at radius 2 is 1.73 bits per heavy atom. The standard InChI is InChI=1S/C38H58N6O7/c1-10-25(4)34(43(6)37(47)33(24(2)3)42-31-23-39-18-19-40-31)30(49-7)22-32(45)44-20-14-17-29(44)35(50-8)26(5)36(46)41-28(38(48)51-9)21-27-15-12-11-13-16-27/h11-13,15-16,18-19,23-26,28-30,33-35H,10,14,17,20-22H2,1-9H3,(H,40,42)(H,41,46)/t25-,26+,28?,29?,30+,33?,34-,35+/m0/s1. The van der Waals surface area contributed by atoms with Gasteiger partial charge in [-0.2, -0.15) is 0 Å². The van der Waals surface area contributed by atoms with Gasteiger partial charge in [-0.1, -0.05) is 71.4 Å². The number of hydrogen-bond donors (Lipinski definition) is 2. The minimum atomic E-state index is -0.878. The van der Waals surface area contributed by atoms with Gasteiger partial charge in [-0.05, 0) is 30.2 Å². The van der Waals surface area contributed by atoms with E-state index in [9.17, 15) is 19.2 Å². The first-order valence-corrected chi connectivity index (χ1v) is 17.9. The van der Waals surface area contributed by atoms with Crippen molar-refractivity contribution in [3.05, 3.63) is 54.5 Å². The van der Waals surface area contributed by atoms with Crippen molar-refractivity contribution in [3.63, 3.8) is 0 Å². The van der Waals surface area contributed by atoms with E-state index in [-0.39, 0.29) is 48.4 Å². The van der Waals surface area contributed by atoms with Crippen molar-refractivity contribution in [2.75, 3.05) is 40.2 Å². The Kier molecular flexibility index (Phi) is 16.3. The van der Waals surface area contributed by atoms with Gasteiger partial charge in [0.1, 0.15) is 17.9 Å². The maximum absolute atomic E-state index is 14.1. The van der Waals surface area contributed by atoms with Gasteiger partial charge in [0.25, 0.3) is 0 Å². The van der Waals surface area contributed by atoms with Crippen LogP contribution >= 0.6 is 0 Å². The van der Waals surface area contributed by atoms with E-state index in [0.717, 1.165) is 18.4 Å². The molecule has 1 aliphatic rings. The van der Waals surface area contributed by atoms with Crippen LogP contribution in [0.5, 0.6) is 0 Å². The summed E-state index contributed by atoms with van der Waals surface area (Å²) in [6.45, 7) is 10.3. The van der Waals surface area contributed by atoms with E-state index in [1.54, 1.807) is 49.5 Å². The van der Waals surface area contributed by atoms with Gasteiger partial charge in [0.2, 0.25) is 17.7 Å². The van der Waals surface area contributed by atoms with Crippen LogP contribution in [0.25, 0.3) is 0 Å². The van der Waals surface area contributed by atoms with Crippen LogP contribution < -0.4 is 10.6 Å². The lowest BCUT2D eigenvalue weighted by molar-refractivity contribution is -0.148. The number of benzene rings is 1. The maximum atomic E-state index is 14.1. The molecule has 282 valence electrons. The number of likely N-dealkylation sites (N-methyl/N-ethyl adjacent to an activating group) is 1. The average molecular weight is 711 g/mol. The van der Waals surface area contributed by atoms with Crippen molar-refractivity contribution < 1.29 is 33.4 Å². The lowest BCUT2D eigenvalue weighted by Crippen LogP contribution is -2.56. The third-order valence-electron chi connectivity index (χ3n) is 10.1. The number of rotatable bonds is 19. The predicted molar refractivity (Wildman–Crippen MR) is 194 cm³/mol. The van der Waals surface area contributed by atoms with Gasteiger partial charge < -0.3 is 34.6 Å². The number of anilines is 1. The Morgan fingerprint density at radius 3 is 2.29 bits per heavy atom. The lowest BCUT2D eigenvalue weighted by atomic mass is 9.89. The third kappa shape index (κ3) is 10.9. The summed E-state index contributed by atoms with van der Waals surface area (Å²) in [5, 5.41) is 6.10. The number of aromatic nitrogens is 2. The molecule has 13 heteroatoms. The molecule has 2 aromatic rings. The lowest BCUT2D eigenvalue weighted by Gasteiger charge is -2.41. The van der Waals surface area contributed by atoms with Crippen molar-refractivity contribution >= 4 is 29.5 Å². The van der Waals surface area contributed by atoms with Crippen LogP contribution in [-0.4, -0.2) is 115 Å². The van der Waals surface area contributed by atoms with Crippen LogP contribution in [0.2, 0.25) is 0 Å². The molecule has 0 saturated carbocycles. The highest BCUT2D eigenvalue weighted by Crippen LogP contribution is 2.30. The molecule has 1 aliphatic heterocycles. The van der Waals surface area contributed by atoms with Crippen LogP contribution in [0.1, 0.15) is 65.9 Å². The van der Waals surface area contributed by atoms with E-state index in [0.29, 0.717) is 18.8 Å². The topological polar surface area (TPSA) is 152 Å². The van der Waals surface area contributed by atoms with E-state index in [4.69, 9.17) is 14.2 Å². The highest BCUT2D eigenvalue weighted by Gasteiger charge is 2.43. The van der Waals surface area contributed by atoms with Crippen molar-refractivity contribution in [1.82, 2.24) is 25.1 Å². The number of methoxy groups -OCH3 is 3. The summed E-state index contributed by atoms with van der Waals surface area (Å²) >= 11 is 0. The molecule has 0 spiro atoms. The first kappa shape index (κ1) is 41.3. The summed E-state index contributed by atoms with van der Waals surface area (Å²) in [4.78, 5) is 66.3. The fourth-order valence-corrected chi connectivity index (χ4v) is 7.06. The number of ether oxygens (including phenoxy) is 3. The largest absolute Gasteiger partial charge is 0.467 e. The van der Waals surface area contributed by atoms with Crippen LogP contribution in [-0.2, 0) is 39.8 Å². The number of amides is 3. The fraction of sp³-hybridized carbons (Fsp3) is 0.632. The van der Waals surface area contributed by atoms with Crippen molar-refractivity contribution in [2.45, 2.75) is 103 Å². The molecule has 1 saturated heterocycles. The Bertz CT molecular complexity index is 1400. The zero-order valence-corrected chi connectivity index (χ0v) is 31.7. The second-order valence-corrected chi connectivity index (χ2v) is 13.8. The van der Waals surface area contributed by atoms with E-state index >= 15 is 0 Å². The molecule has 2 N–H and O–H groups in total. The summed E-state index contributed by atoms with van der Waals surface area (Å²) in [5.41, 5.74) is 0.883. The molecule has 3 amide bonds.